The highest BCUT2D eigenvalue weighted by atomic mass is 16.2. The molecule has 35 heavy (non-hydrogen) atoms. The van der Waals surface area contributed by atoms with Gasteiger partial charge >= 0.3 is 0 Å². The minimum absolute atomic E-state index is 0.00584. The van der Waals surface area contributed by atoms with Gasteiger partial charge in [-0.1, -0.05) is 58.0 Å². The van der Waals surface area contributed by atoms with E-state index in [1.54, 1.807) is 37.2 Å². The highest BCUT2D eigenvalue weighted by Gasteiger charge is 2.57. The fourth-order valence-electron chi connectivity index (χ4n) is 4.68. The summed E-state index contributed by atoms with van der Waals surface area (Å²) < 4.78 is 1.74. The largest absolute Gasteiger partial charge is 0.308 e. The average Bonchev–Trinajstić information content (AvgIpc) is 3.33. The lowest BCUT2D eigenvalue weighted by molar-refractivity contribution is -0.125. The summed E-state index contributed by atoms with van der Waals surface area (Å²) in [6.07, 6.45) is 0. The number of rotatable bonds is 3. The number of guanidine groups is 1. The van der Waals surface area contributed by atoms with Crippen LogP contribution in [-0.2, 0) is 20.0 Å². The summed E-state index contributed by atoms with van der Waals surface area (Å²) in [6.45, 7) is 9.41. The van der Waals surface area contributed by atoms with Gasteiger partial charge in [-0.2, -0.15) is 0 Å². The summed E-state index contributed by atoms with van der Waals surface area (Å²) in [5, 5.41) is 2.82. The Bertz CT molecular complexity index is 1410. The van der Waals surface area contributed by atoms with Crippen LogP contribution >= 0.6 is 0 Å². The lowest BCUT2D eigenvalue weighted by Crippen LogP contribution is -2.58. The predicted octanol–water partition coefficient (Wildman–Crippen LogP) is 3.23. The minimum atomic E-state index is -1.55. The summed E-state index contributed by atoms with van der Waals surface area (Å²) in [5.74, 6) is -1.37. The molecule has 0 saturated heterocycles. The first-order valence-corrected chi connectivity index (χ1v) is 11.9. The fraction of sp³-hybridized carbons (Fsp3) is 0.346. The molecule has 3 heterocycles. The minimum Gasteiger partial charge on any atom is -0.308 e. The number of carbonyl (C=O) groups excluding carboxylic acids is 3. The molecule has 1 spiro atoms. The molecule has 2 aliphatic heterocycles. The highest BCUT2D eigenvalue weighted by Crippen LogP contribution is 2.49. The van der Waals surface area contributed by atoms with Crippen LogP contribution in [0.15, 0.2) is 53.5 Å². The number of nitrogens with zero attached hydrogens (tertiary/aromatic N) is 5. The van der Waals surface area contributed by atoms with Crippen LogP contribution in [-0.4, -0.2) is 39.8 Å². The molecule has 9 nitrogen and oxygen atoms in total. The molecular formula is C26H28N6O3. The maximum atomic E-state index is 14.2. The van der Waals surface area contributed by atoms with Crippen molar-refractivity contribution in [3.05, 3.63) is 54.1 Å². The summed E-state index contributed by atoms with van der Waals surface area (Å²) >= 11 is 0. The Kier molecular flexibility index (Phi) is 5.23. The molecule has 3 aromatic rings. The zero-order valence-corrected chi connectivity index (χ0v) is 20.4. The first-order chi connectivity index (χ1) is 16.7. The number of anilines is 2. The number of likely N-dealkylation sites (N-methyl/N-ethyl adjacent to an activating group) is 1. The molecule has 180 valence electrons. The first kappa shape index (κ1) is 22.8. The molecule has 0 bridgehead atoms. The zero-order chi connectivity index (χ0) is 25.1. The predicted molar refractivity (Wildman–Crippen MR) is 134 cm³/mol. The summed E-state index contributed by atoms with van der Waals surface area (Å²) in [4.78, 5) is 53.3. The zero-order valence-electron chi connectivity index (χ0n) is 20.4. The van der Waals surface area contributed by atoms with Gasteiger partial charge in [-0.3, -0.25) is 24.3 Å². The number of benzene rings is 2. The van der Waals surface area contributed by atoms with Gasteiger partial charge in [0.1, 0.15) is 0 Å². The van der Waals surface area contributed by atoms with Crippen LogP contribution in [0.2, 0.25) is 0 Å². The number of hydrogen-bond acceptors (Lipinski definition) is 5. The number of para-hydroxylation sites is 3. The van der Waals surface area contributed by atoms with Gasteiger partial charge in [-0.15, -0.1) is 0 Å². The average molecular weight is 473 g/mol. The van der Waals surface area contributed by atoms with Gasteiger partial charge in [-0.05, 0) is 25.1 Å². The van der Waals surface area contributed by atoms with Crippen molar-refractivity contribution < 1.29 is 14.4 Å². The molecule has 9 heteroatoms. The van der Waals surface area contributed by atoms with Crippen molar-refractivity contribution in [2.24, 2.45) is 16.8 Å². The SMILES string of the molecule is CCN1C(=O)[C@]2(N=C(NC(=O)C(C)C)N(C(=O)C(C)C)c3nc4ccccc4n32)c2ccccc21. The Morgan fingerprint density at radius 2 is 1.69 bits per heavy atom. The van der Waals surface area contributed by atoms with Crippen molar-refractivity contribution in [1.29, 1.82) is 0 Å². The van der Waals surface area contributed by atoms with E-state index in [1.165, 1.54) is 4.90 Å². The van der Waals surface area contributed by atoms with Crippen molar-refractivity contribution in [2.45, 2.75) is 40.3 Å². The van der Waals surface area contributed by atoms with E-state index < -0.39 is 11.6 Å². The van der Waals surface area contributed by atoms with Gasteiger partial charge in [0, 0.05) is 23.9 Å². The van der Waals surface area contributed by atoms with E-state index >= 15 is 0 Å². The van der Waals surface area contributed by atoms with Crippen LogP contribution in [0.1, 0.15) is 40.2 Å². The van der Waals surface area contributed by atoms with Crippen molar-refractivity contribution >= 4 is 46.4 Å². The fourth-order valence-corrected chi connectivity index (χ4v) is 4.68. The number of hydrogen-bond donors (Lipinski definition) is 1. The molecule has 5 rings (SSSR count). The van der Waals surface area contributed by atoms with E-state index in [-0.39, 0.29) is 35.5 Å². The number of nitrogens with one attached hydrogen (secondary N) is 1. The van der Waals surface area contributed by atoms with E-state index in [2.05, 4.69) is 5.32 Å². The molecule has 3 amide bonds. The van der Waals surface area contributed by atoms with Gasteiger partial charge in [-0.25, -0.2) is 14.9 Å². The summed E-state index contributed by atoms with van der Waals surface area (Å²) in [5.41, 5.74) is 1.15. The number of carbonyl (C=O) groups is 3. The van der Waals surface area contributed by atoms with Crippen LogP contribution in [0, 0.1) is 11.8 Å². The number of aromatic nitrogens is 2. The van der Waals surface area contributed by atoms with E-state index in [9.17, 15) is 14.4 Å². The lowest BCUT2D eigenvalue weighted by atomic mass is 9.99. The van der Waals surface area contributed by atoms with Crippen LogP contribution in [0.25, 0.3) is 11.0 Å². The Labute approximate surface area is 203 Å². The van der Waals surface area contributed by atoms with Crippen molar-refractivity contribution in [2.75, 3.05) is 16.3 Å². The first-order valence-electron chi connectivity index (χ1n) is 11.9. The molecular weight excluding hydrogens is 444 g/mol. The van der Waals surface area contributed by atoms with Crippen LogP contribution in [0.5, 0.6) is 0 Å². The molecule has 0 unspecified atom stereocenters. The number of fused-ring (bicyclic) bond motifs is 6. The van der Waals surface area contributed by atoms with Crippen LogP contribution in [0.3, 0.4) is 0 Å². The molecule has 1 N–H and O–H groups in total. The number of amides is 3. The molecule has 0 saturated carbocycles. The van der Waals surface area contributed by atoms with Gasteiger partial charge in [0.05, 0.1) is 16.7 Å². The Balaban J connectivity index is 1.90. The third-order valence-corrected chi connectivity index (χ3v) is 6.45. The molecule has 1 atom stereocenters. The summed E-state index contributed by atoms with van der Waals surface area (Å²) in [7, 11) is 0. The Morgan fingerprint density at radius 1 is 1.00 bits per heavy atom. The molecule has 2 aromatic carbocycles. The molecule has 0 fully saturated rings. The highest BCUT2D eigenvalue weighted by molar-refractivity contribution is 6.23. The van der Waals surface area contributed by atoms with E-state index in [0.29, 0.717) is 23.1 Å². The second-order valence-electron chi connectivity index (χ2n) is 9.38. The Morgan fingerprint density at radius 3 is 2.37 bits per heavy atom. The number of aliphatic imine (C=N–C) groups is 1. The Hall–Kier alpha value is -4.01. The molecule has 2 aliphatic rings. The third kappa shape index (κ3) is 3.10. The molecule has 0 radical (unpaired) electrons. The van der Waals surface area contributed by atoms with E-state index in [1.807, 2.05) is 55.5 Å². The van der Waals surface area contributed by atoms with Gasteiger partial charge in [0.15, 0.2) is 0 Å². The van der Waals surface area contributed by atoms with Crippen molar-refractivity contribution in [3.8, 4) is 0 Å². The van der Waals surface area contributed by atoms with Crippen molar-refractivity contribution in [3.63, 3.8) is 0 Å². The topological polar surface area (TPSA) is 99.9 Å². The smallest absolute Gasteiger partial charge is 0.281 e. The second kappa shape index (κ2) is 8.04. The van der Waals surface area contributed by atoms with Crippen molar-refractivity contribution in [1.82, 2.24) is 14.9 Å². The van der Waals surface area contributed by atoms with Crippen LogP contribution in [0.4, 0.5) is 11.6 Å². The summed E-state index contributed by atoms with van der Waals surface area (Å²) in [6, 6.07) is 14.9. The molecule has 1 aromatic heterocycles. The van der Waals surface area contributed by atoms with Crippen LogP contribution < -0.4 is 15.1 Å². The van der Waals surface area contributed by atoms with Gasteiger partial charge in [0.2, 0.25) is 29.4 Å². The maximum absolute atomic E-state index is 14.2. The van der Waals surface area contributed by atoms with E-state index in [0.717, 1.165) is 5.69 Å². The number of imidazole rings is 1. The normalized spacial score (nSPS) is 18.9. The molecule has 0 aliphatic carbocycles. The standard InChI is InChI=1S/C26H28N6O3/c1-6-30-19-13-9-7-11-17(19)26(23(30)35)29-24(28-21(33)15(2)3)31(22(34)16(4)5)25-27-18-12-8-10-14-20(18)32(25)26/h7-16H,6H2,1-5H3,(H,28,29,33)/t26-/m0/s1. The monoisotopic (exact) mass is 472 g/mol. The van der Waals surface area contributed by atoms with E-state index in [4.69, 9.17) is 9.98 Å². The van der Waals surface area contributed by atoms with Gasteiger partial charge in [0.25, 0.3) is 5.91 Å². The lowest BCUT2D eigenvalue weighted by Gasteiger charge is -2.38. The second-order valence-corrected chi connectivity index (χ2v) is 9.38. The van der Waals surface area contributed by atoms with Gasteiger partial charge < -0.3 is 4.90 Å². The third-order valence-electron chi connectivity index (χ3n) is 6.45. The quantitative estimate of drug-likeness (QED) is 0.633. The maximum Gasteiger partial charge on any atom is 0.281 e.